The van der Waals surface area contributed by atoms with Gasteiger partial charge >= 0.3 is 6.18 Å². The largest absolute Gasteiger partial charge is 0.391 e. The van der Waals surface area contributed by atoms with Crippen LogP contribution in [0, 0.1) is 12.8 Å². The molecule has 0 aliphatic heterocycles. The third-order valence-electron chi connectivity index (χ3n) is 3.65. The van der Waals surface area contributed by atoms with E-state index in [2.05, 4.69) is 15.5 Å². The highest BCUT2D eigenvalue weighted by atomic mass is 19.4. The summed E-state index contributed by atoms with van der Waals surface area (Å²) in [6.07, 6.45) is -0.402. The molecule has 0 spiro atoms. The zero-order chi connectivity index (χ0) is 13.2. The molecule has 6 heteroatoms. The number of hydrogen-bond donors (Lipinski definition) is 2. The fourth-order valence-electron chi connectivity index (χ4n) is 2.48. The van der Waals surface area contributed by atoms with Gasteiger partial charge in [0.05, 0.1) is 12.1 Å². The van der Waals surface area contributed by atoms with Crippen LogP contribution in [0.5, 0.6) is 0 Å². The van der Waals surface area contributed by atoms with E-state index in [0.717, 1.165) is 17.7 Å². The number of halogens is 3. The van der Waals surface area contributed by atoms with Crippen LogP contribution < -0.4 is 5.32 Å². The van der Waals surface area contributed by atoms with Crippen molar-refractivity contribution < 1.29 is 13.2 Å². The number of nitrogens with one attached hydrogen (secondary N) is 2. The van der Waals surface area contributed by atoms with Gasteiger partial charge in [0.1, 0.15) is 0 Å². The molecule has 0 aromatic carbocycles. The summed E-state index contributed by atoms with van der Waals surface area (Å²) in [5.41, 5.74) is 1.98. The first-order valence-corrected chi connectivity index (χ1v) is 6.25. The maximum atomic E-state index is 12.6. The van der Waals surface area contributed by atoms with E-state index in [1.165, 1.54) is 0 Å². The van der Waals surface area contributed by atoms with Crippen LogP contribution in [0.3, 0.4) is 0 Å². The van der Waals surface area contributed by atoms with Crippen molar-refractivity contribution in [1.82, 2.24) is 15.5 Å². The van der Waals surface area contributed by atoms with Crippen LogP contribution in [-0.4, -0.2) is 22.4 Å². The Labute approximate surface area is 104 Å². The summed E-state index contributed by atoms with van der Waals surface area (Å²) >= 11 is 0. The first-order chi connectivity index (χ1) is 8.47. The van der Waals surface area contributed by atoms with Crippen molar-refractivity contribution in [2.24, 2.45) is 5.92 Å². The van der Waals surface area contributed by atoms with Crippen molar-refractivity contribution in [2.45, 2.75) is 51.4 Å². The second-order valence-electron chi connectivity index (χ2n) is 5.00. The van der Waals surface area contributed by atoms with Crippen LogP contribution in [0.15, 0.2) is 6.20 Å². The predicted molar refractivity (Wildman–Crippen MR) is 62.0 cm³/mol. The monoisotopic (exact) mass is 261 g/mol. The second-order valence-corrected chi connectivity index (χ2v) is 5.00. The summed E-state index contributed by atoms with van der Waals surface area (Å²) < 4.78 is 37.9. The van der Waals surface area contributed by atoms with E-state index >= 15 is 0 Å². The lowest BCUT2D eigenvalue weighted by molar-refractivity contribution is -0.183. The Balaban J connectivity index is 1.85. The zero-order valence-corrected chi connectivity index (χ0v) is 10.3. The molecule has 2 rings (SSSR count). The van der Waals surface area contributed by atoms with E-state index in [0.29, 0.717) is 13.0 Å². The molecule has 1 heterocycles. The van der Waals surface area contributed by atoms with Crippen molar-refractivity contribution in [3.63, 3.8) is 0 Å². The SMILES string of the molecule is Cc1[nH]ncc1CN[C@H]1CCC[C@H](C(F)(F)F)C1. The van der Waals surface area contributed by atoms with Gasteiger partial charge in [-0.05, 0) is 26.2 Å². The highest BCUT2D eigenvalue weighted by Crippen LogP contribution is 2.37. The average Bonchev–Trinajstić information content (AvgIpc) is 2.72. The molecule has 102 valence electrons. The number of rotatable bonds is 3. The van der Waals surface area contributed by atoms with E-state index in [-0.39, 0.29) is 18.9 Å². The predicted octanol–water partition coefficient (Wildman–Crippen LogP) is 2.93. The fraction of sp³-hybridized carbons (Fsp3) is 0.750. The van der Waals surface area contributed by atoms with E-state index in [4.69, 9.17) is 0 Å². The quantitative estimate of drug-likeness (QED) is 0.878. The number of aromatic amines is 1. The van der Waals surface area contributed by atoms with E-state index in [9.17, 15) is 13.2 Å². The van der Waals surface area contributed by atoms with E-state index < -0.39 is 12.1 Å². The lowest BCUT2D eigenvalue weighted by Gasteiger charge is -2.31. The summed E-state index contributed by atoms with van der Waals surface area (Å²) in [6, 6.07) is -0.0420. The van der Waals surface area contributed by atoms with Crippen LogP contribution in [0.4, 0.5) is 13.2 Å². The molecule has 1 aliphatic carbocycles. The standard InChI is InChI=1S/C12H18F3N3/c1-8-9(7-17-18-8)6-16-11-4-2-3-10(5-11)12(13,14)15/h7,10-11,16H,2-6H2,1H3,(H,17,18)/t10-,11-/m0/s1. The highest BCUT2D eigenvalue weighted by molar-refractivity contribution is 5.13. The van der Waals surface area contributed by atoms with Crippen molar-refractivity contribution >= 4 is 0 Å². The molecule has 0 bridgehead atoms. The first-order valence-electron chi connectivity index (χ1n) is 6.25. The number of aromatic nitrogens is 2. The molecule has 18 heavy (non-hydrogen) atoms. The van der Waals surface area contributed by atoms with E-state index in [1.54, 1.807) is 6.20 Å². The van der Waals surface area contributed by atoms with Crippen LogP contribution >= 0.6 is 0 Å². The van der Waals surface area contributed by atoms with E-state index in [1.807, 2.05) is 6.92 Å². The van der Waals surface area contributed by atoms with Gasteiger partial charge in [-0.3, -0.25) is 5.10 Å². The Bertz CT molecular complexity index is 386. The summed E-state index contributed by atoms with van der Waals surface area (Å²) in [5, 5.41) is 9.92. The topological polar surface area (TPSA) is 40.7 Å². The number of aryl methyl sites for hydroxylation is 1. The second kappa shape index (κ2) is 5.30. The van der Waals surface area contributed by atoms with Gasteiger partial charge in [-0.25, -0.2) is 0 Å². The van der Waals surface area contributed by atoms with Gasteiger partial charge in [0.2, 0.25) is 0 Å². The Kier molecular flexibility index (Phi) is 3.94. The summed E-state index contributed by atoms with van der Waals surface area (Å²) in [4.78, 5) is 0. The van der Waals surface area contributed by atoms with Gasteiger partial charge in [-0.2, -0.15) is 18.3 Å². The maximum absolute atomic E-state index is 12.6. The van der Waals surface area contributed by atoms with Crippen LogP contribution in [0.2, 0.25) is 0 Å². The zero-order valence-electron chi connectivity index (χ0n) is 10.3. The van der Waals surface area contributed by atoms with Gasteiger partial charge in [0, 0.05) is 23.8 Å². The van der Waals surface area contributed by atoms with Gasteiger partial charge in [0.15, 0.2) is 0 Å². The minimum Gasteiger partial charge on any atom is -0.310 e. The van der Waals surface area contributed by atoms with Gasteiger partial charge in [-0.1, -0.05) is 6.42 Å². The van der Waals surface area contributed by atoms with Crippen molar-refractivity contribution in [3.05, 3.63) is 17.5 Å². The highest BCUT2D eigenvalue weighted by Gasteiger charge is 2.41. The minimum absolute atomic E-state index is 0.0420. The molecule has 1 saturated carbocycles. The Morgan fingerprint density at radius 3 is 2.83 bits per heavy atom. The lowest BCUT2D eigenvalue weighted by Crippen LogP contribution is -2.38. The lowest BCUT2D eigenvalue weighted by atomic mass is 9.85. The molecule has 0 amide bonds. The Morgan fingerprint density at radius 2 is 2.22 bits per heavy atom. The fourth-order valence-corrected chi connectivity index (χ4v) is 2.48. The molecule has 0 unspecified atom stereocenters. The van der Waals surface area contributed by atoms with Crippen LogP contribution in [0.25, 0.3) is 0 Å². The van der Waals surface area contributed by atoms with Gasteiger partial charge < -0.3 is 5.32 Å². The average molecular weight is 261 g/mol. The van der Waals surface area contributed by atoms with Crippen molar-refractivity contribution in [3.8, 4) is 0 Å². The molecular formula is C12H18F3N3. The molecule has 2 N–H and O–H groups in total. The summed E-state index contributed by atoms with van der Waals surface area (Å²) in [6.45, 7) is 2.49. The molecule has 1 aliphatic rings. The molecule has 3 nitrogen and oxygen atoms in total. The first kappa shape index (κ1) is 13.4. The Morgan fingerprint density at radius 1 is 1.44 bits per heavy atom. The molecule has 0 saturated heterocycles. The number of nitrogens with zero attached hydrogens (tertiary/aromatic N) is 1. The minimum atomic E-state index is -4.05. The molecular weight excluding hydrogens is 243 g/mol. The van der Waals surface area contributed by atoms with Crippen molar-refractivity contribution in [1.29, 1.82) is 0 Å². The maximum Gasteiger partial charge on any atom is 0.391 e. The molecule has 1 aromatic heterocycles. The van der Waals surface area contributed by atoms with Gasteiger partial charge in [-0.15, -0.1) is 0 Å². The normalized spacial score (nSPS) is 25.3. The Hall–Kier alpha value is -1.04. The third kappa shape index (κ3) is 3.25. The number of H-pyrrole nitrogens is 1. The van der Waals surface area contributed by atoms with Gasteiger partial charge in [0.25, 0.3) is 0 Å². The van der Waals surface area contributed by atoms with Crippen molar-refractivity contribution in [2.75, 3.05) is 0 Å². The molecule has 0 radical (unpaired) electrons. The number of alkyl halides is 3. The molecule has 1 fully saturated rings. The summed E-state index contributed by atoms with van der Waals surface area (Å²) in [7, 11) is 0. The molecule has 1 aromatic rings. The van der Waals surface area contributed by atoms with Crippen LogP contribution in [0.1, 0.15) is 36.9 Å². The third-order valence-corrected chi connectivity index (χ3v) is 3.65. The van der Waals surface area contributed by atoms with Crippen LogP contribution in [-0.2, 0) is 6.54 Å². The summed E-state index contributed by atoms with van der Waals surface area (Å²) in [5.74, 6) is -1.14. The molecule has 2 atom stereocenters. The number of hydrogen-bond acceptors (Lipinski definition) is 2. The smallest absolute Gasteiger partial charge is 0.310 e.